The third-order valence-corrected chi connectivity index (χ3v) is 4.88. The van der Waals surface area contributed by atoms with E-state index in [4.69, 9.17) is 16.3 Å². The van der Waals surface area contributed by atoms with Crippen LogP contribution in [0.3, 0.4) is 0 Å². The number of carbonyl (C=O) groups is 1. The molecule has 1 amide bonds. The summed E-state index contributed by atoms with van der Waals surface area (Å²) in [7, 11) is 0. The Kier molecular flexibility index (Phi) is 6.23. The lowest BCUT2D eigenvalue weighted by atomic mass is 10.2. The number of hydrogen-bond donors (Lipinski definition) is 1. The SMILES string of the molecule is CC(C)Cn1cnc2nc(COc3ccccc3NC(=O)c3cccc(Cl)c3)cc(=O)n21. The van der Waals surface area contributed by atoms with Crippen LogP contribution in [0, 0.1) is 5.92 Å². The van der Waals surface area contributed by atoms with E-state index in [0.717, 1.165) is 0 Å². The maximum Gasteiger partial charge on any atom is 0.274 e. The molecule has 0 unspecified atom stereocenters. The summed E-state index contributed by atoms with van der Waals surface area (Å²) in [6.45, 7) is 4.84. The number of hydrogen-bond acceptors (Lipinski definition) is 5. The first kappa shape index (κ1) is 21.6. The average molecular weight is 452 g/mol. The quantitative estimate of drug-likeness (QED) is 0.458. The van der Waals surface area contributed by atoms with E-state index in [9.17, 15) is 9.59 Å². The summed E-state index contributed by atoms with van der Waals surface area (Å²) in [5, 5.41) is 3.31. The standard InChI is InChI=1S/C23H22ClN5O3/c1-15(2)12-28-14-25-23-26-18(11-21(30)29(23)28)13-32-20-9-4-3-8-19(20)27-22(31)16-6-5-7-17(24)10-16/h3-11,14-15H,12-13H2,1-2H3,(H,27,31). The Hall–Kier alpha value is -3.65. The molecule has 164 valence electrons. The smallest absolute Gasteiger partial charge is 0.274 e. The normalized spacial score (nSPS) is 11.1. The summed E-state index contributed by atoms with van der Waals surface area (Å²) in [6.07, 6.45) is 1.61. The topological polar surface area (TPSA) is 90.5 Å². The van der Waals surface area contributed by atoms with Crippen molar-refractivity contribution in [1.29, 1.82) is 0 Å². The number of nitrogens with one attached hydrogen (secondary N) is 1. The molecule has 2 heterocycles. The summed E-state index contributed by atoms with van der Waals surface area (Å²) in [5.74, 6) is 0.826. The molecule has 0 aliphatic heterocycles. The van der Waals surface area contributed by atoms with Crippen LogP contribution in [0.4, 0.5) is 5.69 Å². The second kappa shape index (κ2) is 9.23. The van der Waals surface area contributed by atoms with Crippen LogP contribution in [-0.4, -0.2) is 25.1 Å². The van der Waals surface area contributed by atoms with Gasteiger partial charge in [0, 0.05) is 23.2 Å². The molecule has 2 aromatic heterocycles. The van der Waals surface area contributed by atoms with Gasteiger partial charge >= 0.3 is 0 Å². The maximum absolute atomic E-state index is 12.6. The molecule has 0 radical (unpaired) electrons. The minimum Gasteiger partial charge on any atom is -0.485 e. The van der Waals surface area contributed by atoms with Crippen LogP contribution in [0.1, 0.15) is 29.9 Å². The number of benzene rings is 2. The van der Waals surface area contributed by atoms with Gasteiger partial charge in [-0.3, -0.25) is 14.3 Å². The van der Waals surface area contributed by atoms with E-state index in [1.165, 1.54) is 10.6 Å². The lowest BCUT2D eigenvalue weighted by Gasteiger charge is -2.12. The molecular formula is C23H22ClN5O3. The van der Waals surface area contributed by atoms with E-state index in [2.05, 4.69) is 29.1 Å². The zero-order valence-electron chi connectivity index (χ0n) is 17.7. The van der Waals surface area contributed by atoms with Crippen molar-refractivity contribution in [3.63, 3.8) is 0 Å². The highest BCUT2D eigenvalue weighted by Crippen LogP contribution is 2.25. The van der Waals surface area contributed by atoms with E-state index in [1.54, 1.807) is 59.5 Å². The minimum absolute atomic E-state index is 0.0484. The number of rotatable bonds is 7. The van der Waals surface area contributed by atoms with Crippen LogP contribution in [0.2, 0.25) is 5.02 Å². The highest BCUT2D eigenvalue weighted by atomic mass is 35.5. The van der Waals surface area contributed by atoms with Gasteiger partial charge in [0.25, 0.3) is 17.2 Å². The van der Waals surface area contributed by atoms with E-state index < -0.39 is 0 Å². The van der Waals surface area contributed by atoms with Gasteiger partial charge in [0.05, 0.1) is 11.4 Å². The van der Waals surface area contributed by atoms with Gasteiger partial charge in [-0.1, -0.05) is 43.6 Å². The van der Waals surface area contributed by atoms with Gasteiger partial charge in [-0.05, 0) is 36.2 Å². The number of carbonyl (C=O) groups excluding carboxylic acids is 1. The van der Waals surface area contributed by atoms with Crippen molar-refractivity contribution in [3.8, 4) is 5.75 Å². The molecule has 0 aliphatic rings. The fraction of sp³-hybridized carbons (Fsp3) is 0.217. The van der Waals surface area contributed by atoms with Gasteiger partial charge in [0.15, 0.2) is 0 Å². The molecule has 32 heavy (non-hydrogen) atoms. The van der Waals surface area contributed by atoms with Crippen LogP contribution in [0.25, 0.3) is 5.78 Å². The Morgan fingerprint density at radius 2 is 1.97 bits per heavy atom. The average Bonchev–Trinajstić information content (AvgIpc) is 3.15. The van der Waals surface area contributed by atoms with Crippen molar-refractivity contribution >= 4 is 29.0 Å². The predicted molar refractivity (Wildman–Crippen MR) is 122 cm³/mol. The molecular weight excluding hydrogens is 430 g/mol. The summed E-state index contributed by atoms with van der Waals surface area (Å²) in [5.41, 5.74) is 1.15. The molecule has 9 heteroatoms. The van der Waals surface area contributed by atoms with Crippen molar-refractivity contribution in [1.82, 2.24) is 19.2 Å². The monoisotopic (exact) mass is 451 g/mol. The zero-order chi connectivity index (χ0) is 22.7. The van der Waals surface area contributed by atoms with Gasteiger partial charge in [0.1, 0.15) is 18.7 Å². The number of anilines is 1. The summed E-state index contributed by atoms with van der Waals surface area (Å²) in [6, 6.07) is 15.2. The van der Waals surface area contributed by atoms with Gasteiger partial charge in [0.2, 0.25) is 0 Å². The number of fused-ring (bicyclic) bond motifs is 1. The van der Waals surface area contributed by atoms with Crippen molar-refractivity contribution in [2.24, 2.45) is 5.92 Å². The first-order valence-electron chi connectivity index (χ1n) is 10.1. The second-order valence-electron chi connectivity index (χ2n) is 7.71. The van der Waals surface area contributed by atoms with Crippen molar-refractivity contribution in [2.75, 3.05) is 5.32 Å². The molecule has 4 aromatic rings. The molecule has 0 saturated heterocycles. The Balaban J connectivity index is 1.51. The number of aromatic nitrogens is 4. The third kappa shape index (κ3) is 4.81. The lowest BCUT2D eigenvalue weighted by molar-refractivity contribution is 0.102. The molecule has 0 spiro atoms. The van der Waals surface area contributed by atoms with E-state index in [1.807, 2.05) is 0 Å². The number of amides is 1. The van der Waals surface area contributed by atoms with Crippen LogP contribution in [0.5, 0.6) is 5.75 Å². The minimum atomic E-state index is -0.308. The van der Waals surface area contributed by atoms with Crippen LogP contribution in [0.15, 0.2) is 65.7 Å². The second-order valence-corrected chi connectivity index (χ2v) is 8.14. The third-order valence-electron chi connectivity index (χ3n) is 4.65. The maximum atomic E-state index is 12.6. The van der Waals surface area contributed by atoms with Crippen molar-refractivity contribution < 1.29 is 9.53 Å². The number of halogens is 1. The van der Waals surface area contributed by atoms with Crippen LogP contribution < -0.4 is 15.6 Å². The van der Waals surface area contributed by atoms with E-state index >= 15 is 0 Å². The molecule has 1 N–H and O–H groups in total. The van der Waals surface area contributed by atoms with E-state index in [0.29, 0.717) is 46.0 Å². The zero-order valence-corrected chi connectivity index (χ0v) is 18.4. The Labute approximate surface area is 189 Å². The molecule has 0 atom stereocenters. The summed E-state index contributed by atoms with van der Waals surface area (Å²) < 4.78 is 9.07. The van der Waals surface area contributed by atoms with Crippen LogP contribution >= 0.6 is 11.6 Å². The van der Waals surface area contributed by atoms with Gasteiger partial charge in [-0.25, -0.2) is 4.98 Å². The Morgan fingerprint density at radius 3 is 2.75 bits per heavy atom. The van der Waals surface area contributed by atoms with Gasteiger partial charge in [-0.2, -0.15) is 9.50 Å². The molecule has 8 nitrogen and oxygen atoms in total. The van der Waals surface area contributed by atoms with Gasteiger partial charge in [-0.15, -0.1) is 0 Å². The fourth-order valence-corrected chi connectivity index (χ4v) is 3.44. The Bertz CT molecular complexity index is 1330. The number of nitrogens with zero attached hydrogens (tertiary/aromatic N) is 4. The molecule has 0 aliphatic carbocycles. The first-order valence-corrected chi connectivity index (χ1v) is 10.5. The molecule has 0 bridgehead atoms. The fourth-order valence-electron chi connectivity index (χ4n) is 3.25. The van der Waals surface area contributed by atoms with E-state index in [-0.39, 0.29) is 18.1 Å². The lowest BCUT2D eigenvalue weighted by Crippen LogP contribution is -2.23. The predicted octanol–water partition coefficient (Wildman–Crippen LogP) is 4.03. The highest BCUT2D eigenvalue weighted by Gasteiger charge is 2.13. The largest absolute Gasteiger partial charge is 0.485 e. The van der Waals surface area contributed by atoms with Crippen molar-refractivity contribution in [2.45, 2.75) is 27.0 Å². The van der Waals surface area contributed by atoms with Crippen molar-refractivity contribution in [3.05, 3.63) is 87.6 Å². The van der Waals surface area contributed by atoms with Gasteiger partial charge < -0.3 is 10.1 Å². The molecule has 0 saturated carbocycles. The number of ether oxygens (including phenoxy) is 1. The summed E-state index contributed by atoms with van der Waals surface area (Å²) >= 11 is 5.98. The first-order chi connectivity index (χ1) is 15.4. The van der Waals surface area contributed by atoms with Crippen LogP contribution in [-0.2, 0) is 13.2 Å². The molecule has 0 fully saturated rings. The highest BCUT2D eigenvalue weighted by molar-refractivity contribution is 6.31. The number of para-hydroxylation sites is 2. The summed E-state index contributed by atoms with van der Waals surface area (Å²) in [4.78, 5) is 33.8. The molecule has 2 aromatic carbocycles. The molecule has 4 rings (SSSR count). The Morgan fingerprint density at radius 1 is 1.16 bits per heavy atom.